The SMILES string of the molecule is Cc1cccc(NCc2ccc(CNC(=O)c3cccnc3N)s2)c1. The second kappa shape index (κ2) is 7.81. The van der Waals surface area contributed by atoms with Crippen molar-refractivity contribution in [2.45, 2.75) is 20.0 Å². The summed E-state index contributed by atoms with van der Waals surface area (Å²) in [5.41, 5.74) is 8.46. The number of benzene rings is 1. The lowest BCUT2D eigenvalue weighted by Gasteiger charge is -2.06. The van der Waals surface area contributed by atoms with Crippen LogP contribution >= 0.6 is 11.3 Å². The van der Waals surface area contributed by atoms with Gasteiger partial charge in [0.1, 0.15) is 5.82 Å². The van der Waals surface area contributed by atoms with Crippen molar-refractivity contribution >= 4 is 28.7 Å². The van der Waals surface area contributed by atoms with E-state index >= 15 is 0 Å². The van der Waals surface area contributed by atoms with Crippen LogP contribution in [-0.2, 0) is 13.1 Å². The Morgan fingerprint density at radius 3 is 2.68 bits per heavy atom. The zero-order valence-electron chi connectivity index (χ0n) is 14.0. The van der Waals surface area contributed by atoms with Gasteiger partial charge in [0.25, 0.3) is 5.91 Å². The molecule has 0 aliphatic heterocycles. The van der Waals surface area contributed by atoms with E-state index in [-0.39, 0.29) is 11.7 Å². The van der Waals surface area contributed by atoms with Crippen LogP contribution in [0.4, 0.5) is 11.5 Å². The van der Waals surface area contributed by atoms with Crippen LogP contribution in [0.25, 0.3) is 0 Å². The average Bonchev–Trinajstić information content (AvgIpc) is 3.06. The molecule has 0 aliphatic rings. The molecule has 0 radical (unpaired) electrons. The molecule has 1 aromatic carbocycles. The summed E-state index contributed by atoms with van der Waals surface area (Å²) < 4.78 is 0. The van der Waals surface area contributed by atoms with E-state index in [0.29, 0.717) is 12.1 Å². The lowest BCUT2D eigenvalue weighted by Crippen LogP contribution is -2.23. The third-order valence-corrected chi connectivity index (χ3v) is 4.79. The van der Waals surface area contributed by atoms with E-state index in [1.54, 1.807) is 29.7 Å². The third-order valence-electron chi connectivity index (χ3n) is 3.71. The number of aromatic nitrogens is 1. The van der Waals surface area contributed by atoms with E-state index in [0.717, 1.165) is 17.1 Å². The molecule has 6 heteroatoms. The first-order valence-corrected chi connectivity index (χ1v) is 8.80. The molecular formula is C19H20N4OS. The molecular weight excluding hydrogens is 332 g/mol. The number of hydrogen-bond donors (Lipinski definition) is 3. The number of carbonyl (C=O) groups excluding carboxylic acids is 1. The predicted octanol–water partition coefficient (Wildman–Crippen LogP) is 3.58. The topological polar surface area (TPSA) is 80.0 Å². The van der Waals surface area contributed by atoms with Gasteiger partial charge in [-0.1, -0.05) is 12.1 Å². The van der Waals surface area contributed by atoms with Gasteiger partial charge in [0, 0.05) is 28.2 Å². The average molecular weight is 352 g/mol. The molecule has 3 aromatic rings. The Kier molecular flexibility index (Phi) is 5.30. The predicted molar refractivity (Wildman–Crippen MR) is 103 cm³/mol. The quantitative estimate of drug-likeness (QED) is 0.633. The summed E-state index contributed by atoms with van der Waals surface area (Å²) in [6.07, 6.45) is 1.57. The maximum Gasteiger partial charge on any atom is 0.255 e. The van der Waals surface area contributed by atoms with Gasteiger partial charge in [0.05, 0.1) is 12.1 Å². The number of thiophene rings is 1. The van der Waals surface area contributed by atoms with Crippen molar-refractivity contribution in [2.24, 2.45) is 0 Å². The van der Waals surface area contributed by atoms with E-state index in [1.165, 1.54) is 10.4 Å². The highest BCUT2D eigenvalue weighted by Crippen LogP contribution is 2.19. The monoisotopic (exact) mass is 352 g/mol. The van der Waals surface area contributed by atoms with Crippen LogP contribution in [0.2, 0.25) is 0 Å². The number of rotatable bonds is 6. The van der Waals surface area contributed by atoms with Crippen LogP contribution in [0, 0.1) is 6.92 Å². The molecule has 0 saturated carbocycles. The first-order chi connectivity index (χ1) is 12.1. The van der Waals surface area contributed by atoms with Gasteiger partial charge in [-0.3, -0.25) is 4.79 Å². The standard InChI is InChI=1S/C19H20N4OS/c1-13-4-2-5-14(10-13)22-11-15-7-8-16(25-15)12-23-19(24)17-6-3-9-21-18(17)20/h2-10,22H,11-12H2,1H3,(H2,20,21)(H,23,24). The number of anilines is 2. The van der Waals surface area contributed by atoms with Gasteiger partial charge in [0.2, 0.25) is 0 Å². The molecule has 0 spiro atoms. The minimum atomic E-state index is -0.210. The Morgan fingerprint density at radius 2 is 1.92 bits per heavy atom. The molecule has 0 unspecified atom stereocenters. The molecule has 0 aliphatic carbocycles. The Hall–Kier alpha value is -2.86. The van der Waals surface area contributed by atoms with Gasteiger partial charge >= 0.3 is 0 Å². The van der Waals surface area contributed by atoms with E-state index in [1.807, 2.05) is 12.1 Å². The third kappa shape index (κ3) is 4.58. The smallest absolute Gasteiger partial charge is 0.255 e. The molecule has 4 N–H and O–H groups in total. The summed E-state index contributed by atoms with van der Waals surface area (Å²) in [5.74, 6) is 0.0349. The van der Waals surface area contributed by atoms with E-state index in [4.69, 9.17) is 5.73 Å². The van der Waals surface area contributed by atoms with Crippen LogP contribution in [0.15, 0.2) is 54.7 Å². The molecule has 5 nitrogen and oxygen atoms in total. The molecule has 128 valence electrons. The van der Waals surface area contributed by atoms with Crippen molar-refractivity contribution in [2.75, 3.05) is 11.1 Å². The van der Waals surface area contributed by atoms with E-state index in [9.17, 15) is 4.79 Å². The summed E-state index contributed by atoms with van der Waals surface area (Å²) in [4.78, 5) is 18.4. The molecule has 1 amide bonds. The number of amides is 1. The van der Waals surface area contributed by atoms with Crippen molar-refractivity contribution in [3.05, 3.63) is 75.6 Å². The number of hydrogen-bond acceptors (Lipinski definition) is 5. The molecule has 0 atom stereocenters. The highest BCUT2D eigenvalue weighted by molar-refractivity contribution is 7.12. The molecule has 0 saturated heterocycles. The maximum absolute atomic E-state index is 12.1. The van der Waals surface area contributed by atoms with Crippen LogP contribution < -0.4 is 16.4 Å². The number of nitrogens with zero attached hydrogens (tertiary/aromatic N) is 1. The molecule has 0 bridgehead atoms. The normalized spacial score (nSPS) is 10.4. The van der Waals surface area contributed by atoms with Crippen molar-refractivity contribution in [3.8, 4) is 0 Å². The summed E-state index contributed by atoms with van der Waals surface area (Å²) in [6.45, 7) is 3.31. The summed E-state index contributed by atoms with van der Waals surface area (Å²) in [6, 6.07) is 15.8. The highest BCUT2D eigenvalue weighted by Gasteiger charge is 2.10. The second-order valence-corrected chi connectivity index (χ2v) is 6.96. The van der Waals surface area contributed by atoms with E-state index < -0.39 is 0 Å². The summed E-state index contributed by atoms with van der Waals surface area (Å²) in [5, 5.41) is 6.29. The van der Waals surface area contributed by atoms with Gasteiger partial charge in [-0.2, -0.15) is 0 Å². The fourth-order valence-corrected chi connectivity index (χ4v) is 3.33. The van der Waals surface area contributed by atoms with Crippen molar-refractivity contribution < 1.29 is 4.79 Å². The zero-order valence-corrected chi connectivity index (χ0v) is 14.8. The molecule has 2 aromatic heterocycles. The van der Waals surface area contributed by atoms with Gasteiger partial charge in [-0.25, -0.2) is 4.98 Å². The van der Waals surface area contributed by atoms with Crippen LogP contribution in [0.1, 0.15) is 25.7 Å². The molecule has 25 heavy (non-hydrogen) atoms. The zero-order chi connectivity index (χ0) is 17.6. The van der Waals surface area contributed by atoms with Crippen LogP contribution in [0.3, 0.4) is 0 Å². The maximum atomic E-state index is 12.1. The Morgan fingerprint density at radius 1 is 1.12 bits per heavy atom. The van der Waals surface area contributed by atoms with Gasteiger partial charge < -0.3 is 16.4 Å². The van der Waals surface area contributed by atoms with Crippen molar-refractivity contribution in [1.82, 2.24) is 10.3 Å². The number of nitrogens with two attached hydrogens (primary N) is 1. The fourth-order valence-electron chi connectivity index (χ4n) is 2.43. The lowest BCUT2D eigenvalue weighted by atomic mass is 10.2. The largest absolute Gasteiger partial charge is 0.383 e. The van der Waals surface area contributed by atoms with Crippen LogP contribution in [-0.4, -0.2) is 10.9 Å². The van der Waals surface area contributed by atoms with Crippen molar-refractivity contribution in [1.29, 1.82) is 0 Å². The number of nitrogen functional groups attached to an aromatic ring is 1. The van der Waals surface area contributed by atoms with Gasteiger partial charge in [0.15, 0.2) is 0 Å². The first-order valence-electron chi connectivity index (χ1n) is 7.98. The van der Waals surface area contributed by atoms with Gasteiger partial charge in [-0.05, 0) is 48.9 Å². The minimum absolute atomic E-state index is 0.210. The fraction of sp³-hybridized carbons (Fsp3) is 0.158. The second-order valence-electron chi connectivity index (χ2n) is 5.71. The van der Waals surface area contributed by atoms with E-state index in [2.05, 4.69) is 46.8 Å². The number of pyridine rings is 1. The Bertz CT molecular complexity index is 875. The van der Waals surface area contributed by atoms with Gasteiger partial charge in [-0.15, -0.1) is 11.3 Å². The summed E-state index contributed by atoms with van der Waals surface area (Å²) in [7, 11) is 0. The van der Waals surface area contributed by atoms with Crippen LogP contribution in [0.5, 0.6) is 0 Å². The Labute approximate surface area is 150 Å². The molecule has 3 rings (SSSR count). The molecule has 0 fully saturated rings. The van der Waals surface area contributed by atoms with Crippen molar-refractivity contribution in [3.63, 3.8) is 0 Å². The number of aryl methyl sites for hydroxylation is 1. The highest BCUT2D eigenvalue weighted by atomic mass is 32.1. The number of nitrogens with one attached hydrogen (secondary N) is 2. The summed E-state index contributed by atoms with van der Waals surface area (Å²) >= 11 is 1.67. The molecule has 2 heterocycles. The first kappa shape index (κ1) is 17.0. The minimum Gasteiger partial charge on any atom is -0.383 e. The Balaban J connectivity index is 1.53. The lowest BCUT2D eigenvalue weighted by molar-refractivity contribution is 0.0952. The number of carbonyl (C=O) groups is 1.